The van der Waals surface area contributed by atoms with E-state index in [-0.39, 0.29) is 11.7 Å². The summed E-state index contributed by atoms with van der Waals surface area (Å²) in [5.41, 5.74) is 1.45. The number of nitrogens with zero attached hydrogens (tertiary/aromatic N) is 3. The summed E-state index contributed by atoms with van der Waals surface area (Å²) >= 11 is 1.21. The van der Waals surface area contributed by atoms with E-state index in [2.05, 4.69) is 15.5 Å². The molecule has 0 radical (unpaired) electrons. The van der Waals surface area contributed by atoms with Crippen molar-refractivity contribution < 1.29 is 14.3 Å². The van der Waals surface area contributed by atoms with Crippen LogP contribution in [-0.2, 0) is 4.79 Å². The summed E-state index contributed by atoms with van der Waals surface area (Å²) in [5, 5.41) is 11.6. The fourth-order valence-electron chi connectivity index (χ4n) is 3.02. The number of thioether (sulfide) groups is 1. The van der Waals surface area contributed by atoms with Gasteiger partial charge in [0.15, 0.2) is 5.82 Å². The lowest BCUT2D eigenvalue weighted by molar-refractivity contribution is -0.113. The van der Waals surface area contributed by atoms with Crippen LogP contribution in [0.25, 0.3) is 11.4 Å². The first-order chi connectivity index (χ1) is 16.1. The maximum absolute atomic E-state index is 12.4. The van der Waals surface area contributed by atoms with Crippen LogP contribution in [0, 0.1) is 0 Å². The molecule has 1 aromatic heterocycles. The molecule has 0 aliphatic heterocycles. The Morgan fingerprint density at radius 1 is 0.970 bits per heavy atom. The van der Waals surface area contributed by atoms with Gasteiger partial charge in [0, 0.05) is 11.3 Å². The summed E-state index contributed by atoms with van der Waals surface area (Å²) < 4.78 is 12.7. The van der Waals surface area contributed by atoms with Crippen LogP contribution in [0.2, 0.25) is 0 Å². The van der Waals surface area contributed by atoms with Crippen LogP contribution < -0.4 is 20.6 Å². The van der Waals surface area contributed by atoms with Crippen molar-refractivity contribution in [2.45, 2.75) is 12.1 Å². The molecule has 33 heavy (non-hydrogen) atoms. The first kappa shape index (κ1) is 22.2. The van der Waals surface area contributed by atoms with Crippen molar-refractivity contribution >= 4 is 23.4 Å². The molecule has 0 fully saturated rings. The van der Waals surface area contributed by atoms with E-state index < -0.39 is 0 Å². The van der Waals surface area contributed by atoms with Gasteiger partial charge in [-0.2, -0.15) is 0 Å². The zero-order valence-electron chi connectivity index (χ0n) is 18.0. The summed E-state index contributed by atoms with van der Waals surface area (Å²) in [5.74, 6) is 8.78. The maximum atomic E-state index is 12.4. The van der Waals surface area contributed by atoms with Gasteiger partial charge in [-0.05, 0) is 55.5 Å². The molecule has 0 saturated carbocycles. The third-order valence-corrected chi connectivity index (χ3v) is 5.46. The first-order valence-electron chi connectivity index (χ1n) is 10.3. The summed E-state index contributed by atoms with van der Waals surface area (Å²) in [4.78, 5) is 12.4. The van der Waals surface area contributed by atoms with Gasteiger partial charge in [0.05, 0.1) is 12.4 Å². The van der Waals surface area contributed by atoms with E-state index in [1.54, 1.807) is 24.3 Å². The van der Waals surface area contributed by atoms with Crippen LogP contribution in [0.4, 0.5) is 5.69 Å². The molecule has 3 aromatic carbocycles. The van der Waals surface area contributed by atoms with Crippen LogP contribution >= 0.6 is 11.8 Å². The summed E-state index contributed by atoms with van der Waals surface area (Å²) in [6.45, 7) is 2.49. The molecule has 0 atom stereocenters. The first-order valence-corrected chi connectivity index (χ1v) is 11.3. The molecule has 0 bridgehead atoms. The molecule has 9 heteroatoms. The van der Waals surface area contributed by atoms with Gasteiger partial charge in [0.2, 0.25) is 11.1 Å². The van der Waals surface area contributed by atoms with E-state index in [0.717, 1.165) is 17.1 Å². The van der Waals surface area contributed by atoms with E-state index >= 15 is 0 Å². The van der Waals surface area contributed by atoms with Crippen molar-refractivity contribution in [1.29, 1.82) is 0 Å². The lowest BCUT2D eigenvalue weighted by Crippen LogP contribution is -2.16. The molecule has 3 N–H and O–H groups in total. The minimum absolute atomic E-state index is 0.136. The number of hydrogen-bond donors (Lipinski definition) is 2. The Kier molecular flexibility index (Phi) is 7.11. The van der Waals surface area contributed by atoms with E-state index in [9.17, 15) is 4.79 Å². The average molecular weight is 462 g/mol. The van der Waals surface area contributed by atoms with Gasteiger partial charge in [-0.15, -0.1) is 10.2 Å². The second kappa shape index (κ2) is 10.6. The van der Waals surface area contributed by atoms with Crippen molar-refractivity contribution in [3.63, 3.8) is 0 Å². The molecule has 1 amide bonds. The Hall–Kier alpha value is -3.98. The largest absolute Gasteiger partial charge is 0.494 e. The number of amides is 1. The quantitative estimate of drug-likeness (QED) is 0.278. The minimum atomic E-state index is -0.181. The number of para-hydroxylation sites is 1. The number of anilines is 1. The number of aromatic nitrogens is 3. The van der Waals surface area contributed by atoms with E-state index in [0.29, 0.717) is 29.0 Å². The standard InChI is InChI=1S/C24H23N5O3S/c1-2-31-21-10-6-7-17(15-21)23-27-28-24(29(23)25)33-16-22(30)26-18-11-13-20(14-12-18)32-19-8-4-3-5-9-19/h3-15H,2,16,25H2,1H3,(H,26,30). The van der Waals surface area contributed by atoms with Crippen molar-refractivity contribution in [3.8, 4) is 28.6 Å². The zero-order valence-corrected chi connectivity index (χ0v) is 18.8. The second-order valence-corrected chi connectivity index (χ2v) is 7.86. The number of rotatable bonds is 9. The number of ether oxygens (including phenoxy) is 2. The molecule has 0 unspecified atom stereocenters. The van der Waals surface area contributed by atoms with Crippen LogP contribution in [-0.4, -0.2) is 33.1 Å². The maximum Gasteiger partial charge on any atom is 0.234 e. The van der Waals surface area contributed by atoms with E-state index in [1.807, 2.05) is 61.5 Å². The molecule has 0 aliphatic rings. The number of carbonyl (C=O) groups is 1. The number of benzene rings is 3. The fourth-order valence-corrected chi connectivity index (χ4v) is 3.68. The third kappa shape index (κ3) is 5.83. The number of hydrogen-bond acceptors (Lipinski definition) is 7. The Morgan fingerprint density at radius 2 is 1.70 bits per heavy atom. The summed E-state index contributed by atoms with van der Waals surface area (Å²) in [7, 11) is 0. The van der Waals surface area contributed by atoms with Gasteiger partial charge in [-0.3, -0.25) is 4.79 Å². The second-order valence-electron chi connectivity index (χ2n) is 6.91. The molecule has 4 rings (SSSR count). The highest BCUT2D eigenvalue weighted by Gasteiger charge is 2.14. The number of carbonyl (C=O) groups excluding carboxylic acids is 1. The predicted molar refractivity (Wildman–Crippen MR) is 129 cm³/mol. The molecule has 0 aliphatic carbocycles. The Labute approximate surface area is 195 Å². The predicted octanol–water partition coefficient (Wildman–Crippen LogP) is 4.58. The molecular weight excluding hydrogens is 438 g/mol. The highest BCUT2D eigenvalue weighted by atomic mass is 32.2. The van der Waals surface area contributed by atoms with Crippen LogP contribution in [0.5, 0.6) is 17.2 Å². The Balaban J connectivity index is 1.32. The van der Waals surface area contributed by atoms with Crippen LogP contribution in [0.3, 0.4) is 0 Å². The van der Waals surface area contributed by atoms with E-state index in [4.69, 9.17) is 15.3 Å². The van der Waals surface area contributed by atoms with Gasteiger partial charge >= 0.3 is 0 Å². The summed E-state index contributed by atoms with van der Waals surface area (Å²) in [6.07, 6.45) is 0. The van der Waals surface area contributed by atoms with E-state index in [1.165, 1.54) is 16.4 Å². The highest BCUT2D eigenvalue weighted by Crippen LogP contribution is 2.26. The number of nitrogens with two attached hydrogens (primary N) is 1. The van der Waals surface area contributed by atoms with Crippen molar-refractivity contribution in [3.05, 3.63) is 78.9 Å². The fraction of sp³-hybridized carbons (Fsp3) is 0.125. The number of nitrogen functional groups attached to an aromatic ring is 1. The SMILES string of the molecule is CCOc1cccc(-c2nnc(SCC(=O)Nc3ccc(Oc4ccccc4)cc3)n2N)c1. The van der Waals surface area contributed by atoms with Gasteiger partial charge < -0.3 is 20.6 Å². The zero-order chi connectivity index (χ0) is 23.0. The lowest BCUT2D eigenvalue weighted by atomic mass is 10.2. The highest BCUT2D eigenvalue weighted by molar-refractivity contribution is 7.99. The van der Waals surface area contributed by atoms with Gasteiger partial charge in [0.1, 0.15) is 17.2 Å². The monoisotopic (exact) mass is 461 g/mol. The molecule has 0 saturated heterocycles. The molecule has 168 valence electrons. The van der Waals surface area contributed by atoms with Gasteiger partial charge in [-0.1, -0.05) is 42.1 Å². The van der Waals surface area contributed by atoms with Gasteiger partial charge in [-0.25, -0.2) is 4.68 Å². The normalized spacial score (nSPS) is 10.6. The van der Waals surface area contributed by atoms with Crippen LogP contribution in [0.1, 0.15) is 6.92 Å². The third-order valence-electron chi connectivity index (χ3n) is 4.52. The number of nitrogens with one attached hydrogen (secondary N) is 1. The van der Waals surface area contributed by atoms with Gasteiger partial charge in [0.25, 0.3) is 0 Å². The summed E-state index contributed by atoms with van der Waals surface area (Å²) in [6, 6.07) is 24.1. The van der Waals surface area contributed by atoms with Crippen molar-refractivity contribution in [2.75, 3.05) is 23.5 Å². The Morgan fingerprint density at radius 3 is 2.45 bits per heavy atom. The molecule has 1 heterocycles. The molecular formula is C24H23N5O3S. The van der Waals surface area contributed by atoms with Crippen molar-refractivity contribution in [1.82, 2.24) is 14.9 Å². The molecule has 8 nitrogen and oxygen atoms in total. The smallest absolute Gasteiger partial charge is 0.234 e. The van der Waals surface area contributed by atoms with Crippen LogP contribution in [0.15, 0.2) is 84.0 Å². The lowest BCUT2D eigenvalue weighted by Gasteiger charge is -2.08. The minimum Gasteiger partial charge on any atom is -0.494 e. The molecule has 0 spiro atoms. The average Bonchev–Trinajstić information content (AvgIpc) is 3.20. The van der Waals surface area contributed by atoms with Crippen molar-refractivity contribution in [2.24, 2.45) is 0 Å². The Bertz CT molecular complexity index is 1210. The topological polar surface area (TPSA) is 104 Å². The molecule has 4 aromatic rings.